The molecular weight excluding hydrogens is 961 g/mol. The summed E-state index contributed by atoms with van der Waals surface area (Å²) in [4.78, 5) is 38.2. The molecule has 0 saturated carbocycles. The van der Waals surface area contributed by atoms with Gasteiger partial charge in [0.15, 0.2) is 6.10 Å². The van der Waals surface area contributed by atoms with E-state index in [0.717, 1.165) is 154 Å². The summed E-state index contributed by atoms with van der Waals surface area (Å²) in [6.45, 7) is 6.28. The van der Waals surface area contributed by atoms with E-state index in [2.05, 4.69) is 191 Å². The van der Waals surface area contributed by atoms with Crippen molar-refractivity contribution in [1.29, 1.82) is 0 Å². The summed E-state index contributed by atoms with van der Waals surface area (Å²) in [7, 11) is 0. The predicted octanol–water partition coefficient (Wildman–Crippen LogP) is 21.3. The number of carbonyl (C=O) groups is 3. The largest absolute Gasteiger partial charge is 0.462 e. The van der Waals surface area contributed by atoms with Crippen LogP contribution in [0.15, 0.2) is 182 Å². The van der Waals surface area contributed by atoms with Gasteiger partial charge in [-0.3, -0.25) is 14.4 Å². The van der Waals surface area contributed by atoms with E-state index in [1.807, 2.05) is 12.2 Å². The lowest BCUT2D eigenvalue weighted by molar-refractivity contribution is -0.166. The summed E-state index contributed by atoms with van der Waals surface area (Å²) in [5.41, 5.74) is 0. The van der Waals surface area contributed by atoms with E-state index in [9.17, 15) is 14.4 Å². The molecule has 78 heavy (non-hydrogen) atoms. The topological polar surface area (TPSA) is 78.9 Å². The average molecular weight is 1070 g/mol. The van der Waals surface area contributed by atoms with Gasteiger partial charge in [0.2, 0.25) is 0 Å². The molecule has 6 nitrogen and oxygen atoms in total. The Bertz CT molecular complexity index is 1850. The van der Waals surface area contributed by atoms with Crippen molar-refractivity contribution in [2.24, 2.45) is 0 Å². The fourth-order valence-corrected chi connectivity index (χ4v) is 7.59. The van der Waals surface area contributed by atoms with Crippen LogP contribution in [0, 0.1) is 0 Å². The van der Waals surface area contributed by atoms with E-state index in [0.29, 0.717) is 12.8 Å². The van der Waals surface area contributed by atoms with Gasteiger partial charge in [-0.15, -0.1) is 0 Å². The number of carbonyl (C=O) groups excluding carboxylic acids is 3. The summed E-state index contributed by atoms with van der Waals surface area (Å²) in [5, 5.41) is 0. The normalized spacial score (nSPS) is 13.4. The molecule has 6 heteroatoms. The van der Waals surface area contributed by atoms with Gasteiger partial charge in [0, 0.05) is 19.3 Å². The Hall–Kier alpha value is -5.49. The third kappa shape index (κ3) is 61.4. The minimum Gasteiger partial charge on any atom is -0.462 e. The van der Waals surface area contributed by atoms with Crippen molar-refractivity contribution in [3.8, 4) is 0 Å². The van der Waals surface area contributed by atoms with Crippen LogP contribution in [0.2, 0.25) is 0 Å². The lowest BCUT2D eigenvalue weighted by atomic mass is 10.1. The van der Waals surface area contributed by atoms with Crippen molar-refractivity contribution in [2.45, 2.75) is 239 Å². The summed E-state index contributed by atoms with van der Waals surface area (Å²) in [5.74, 6) is -1.08. The fourth-order valence-electron chi connectivity index (χ4n) is 7.59. The highest BCUT2D eigenvalue weighted by Crippen LogP contribution is 2.12. The second kappa shape index (κ2) is 64.0. The Kier molecular flexibility index (Phi) is 59.5. The van der Waals surface area contributed by atoms with Crippen LogP contribution in [0.5, 0.6) is 0 Å². The van der Waals surface area contributed by atoms with Crippen molar-refractivity contribution in [1.82, 2.24) is 0 Å². The lowest BCUT2D eigenvalue weighted by Gasteiger charge is -2.18. The first-order valence-corrected chi connectivity index (χ1v) is 30.8. The van der Waals surface area contributed by atoms with Crippen molar-refractivity contribution in [3.05, 3.63) is 182 Å². The maximum absolute atomic E-state index is 12.9. The molecule has 1 unspecified atom stereocenters. The summed E-state index contributed by atoms with van der Waals surface area (Å²) >= 11 is 0. The van der Waals surface area contributed by atoms with Gasteiger partial charge in [-0.05, 0) is 148 Å². The average Bonchev–Trinajstić information content (AvgIpc) is 3.44. The third-order valence-electron chi connectivity index (χ3n) is 12.1. The number of hydrogen-bond acceptors (Lipinski definition) is 6. The van der Waals surface area contributed by atoms with Gasteiger partial charge in [0.1, 0.15) is 13.2 Å². The highest BCUT2D eigenvalue weighted by Gasteiger charge is 2.19. The number of unbranched alkanes of at least 4 members (excludes halogenated alkanes) is 12. The van der Waals surface area contributed by atoms with Crippen molar-refractivity contribution >= 4 is 17.9 Å². The van der Waals surface area contributed by atoms with Gasteiger partial charge in [-0.2, -0.15) is 0 Å². The molecule has 434 valence electrons. The lowest BCUT2D eigenvalue weighted by Crippen LogP contribution is -2.30. The van der Waals surface area contributed by atoms with Gasteiger partial charge >= 0.3 is 17.9 Å². The van der Waals surface area contributed by atoms with E-state index >= 15 is 0 Å². The summed E-state index contributed by atoms with van der Waals surface area (Å²) in [6.07, 6.45) is 96.1. The van der Waals surface area contributed by atoms with Crippen LogP contribution >= 0.6 is 0 Å². The second-order valence-corrected chi connectivity index (χ2v) is 19.5. The zero-order valence-corrected chi connectivity index (χ0v) is 49.6. The Morgan fingerprint density at radius 3 is 0.846 bits per heavy atom. The molecule has 0 aromatic heterocycles. The van der Waals surface area contributed by atoms with Crippen LogP contribution < -0.4 is 0 Å². The van der Waals surface area contributed by atoms with Crippen molar-refractivity contribution in [2.75, 3.05) is 13.2 Å². The highest BCUT2D eigenvalue weighted by molar-refractivity contribution is 5.71. The molecule has 0 spiro atoms. The predicted molar refractivity (Wildman–Crippen MR) is 338 cm³/mol. The minimum absolute atomic E-state index is 0.136. The molecule has 0 radical (unpaired) electrons. The maximum atomic E-state index is 12.9. The van der Waals surface area contributed by atoms with Crippen LogP contribution in [0.1, 0.15) is 233 Å². The molecule has 0 aromatic carbocycles. The van der Waals surface area contributed by atoms with Crippen molar-refractivity contribution in [3.63, 3.8) is 0 Å². The van der Waals surface area contributed by atoms with Gasteiger partial charge in [0.05, 0.1) is 0 Å². The van der Waals surface area contributed by atoms with Gasteiger partial charge in [0.25, 0.3) is 0 Å². The molecule has 0 aliphatic carbocycles. The molecule has 0 amide bonds. The number of hydrogen-bond donors (Lipinski definition) is 0. The molecule has 0 fully saturated rings. The maximum Gasteiger partial charge on any atom is 0.306 e. The molecule has 0 aliphatic heterocycles. The molecule has 0 saturated heterocycles. The first-order chi connectivity index (χ1) is 38.5. The van der Waals surface area contributed by atoms with E-state index in [1.165, 1.54) is 32.1 Å². The van der Waals surface area contributed by atoms with E-state index in [-0.39, 0.29) is 38.0 Å². The monoisotopic (exact) mass is 1070 g/mol. The quantitative estimate of drug-likeness (QED) is 0.0261. The Morgan fingerprint density at radius 1 is 0.269 bits per heavy atom. The van der Waals surface area contributed by atoms with Crippen molar-refractivity contribution < 1.29 is 28.6 Å². The van der Waals surface area contributed by atoms with Crippen LogP contribution in [0.3, 0.4) is 0 Å². The van der Waals surface area contributed by atoms with E-state index in [4.69, 9.17) is 14.2 Å². The molecule has 0 aliphatic rings. The first-order valence-electron chi connectivity index (χ1n) is 30.8. The number of esters is 3. The van der Waals surface area contributed by atoms with Crippen LogP contribution in [-0.4, -0.2) is 37.2 Å². The Labute approximate surface area is 478 Å². The van der Waals surface area contributed by atoms with Gasteiger partial charge < -0.3 is 14.2 Å². The number of rotatable bonds is 53. The molecule has 0 N–H and O–H groups in total. The molecule has 0 aromatic rings. The fraction of sp³-hybridized carbons (Fsp3) is 0.542. The smallest absolute Gasteiger partial charge is 0.306 e. The van der Waals surface area contributed by atoms with Crippen LogP contribution in [0.25, 0.3) is 0 Å². The first kappa shape index (κ1) is 72.5. The second-order valence-electron chi connectivity index (χ2n) is 19.5. The van der Waals surface area contributed by atoms with Crippen LogP contribution in [-0.2, 0) is 28.6 Å². The van der Waals surface area contributed by atoms with Crippen LogP contribution in [0.4, 0.5) is 0 Å². The number of allylic oxidation sites excluding steroid dienone is 30. The SMILES string of the molecule is CC/C=C\C/C=C\C/C=C\C/C=C\C/C=C\C/C=C\C/C=C\CCCCCC(=O)OCC(COC(=O)CCCCCCC/C=C\C/C=C\CCCCCC)OC(=O)CC/C=C\C/C=C\C/C=C\C/C=C\C/C=C\C/C=C\CC. The summed E-state index contributed by atoms with van der Waals surface area (Å²) in [6, 6.07) is 0. The zero-order chi connectivity index (χ0) is 56.4. The molecule has 0 heterocycles. The number of ether oxygens (including phenoxy) is 3. The van der Waals surface area contributed by atoms with E-state index in [1.54, 1.807) is 0 Å². The molecule has 0 rings (SSSR count). The molecule has 1 atom stereocenters. The standard InChI is InChI=1S/C72H110O6/c1-4-7-10-13-16-19-22-25-28-31-33-34-35-36-37-38-40-41-44-47-50-53-56-59-62-65-71(74)77-68-69(67-76-70(73)64-61-58-55-52-49-46-43-30-27-24-21-18-15-12-9-6-3)78-72(75)66-63-60-57-54-51-48-45-42-39-32-29-26-23-20-17-14-11-8-5-2/h7-8,10-11,16-17,19-21,24-26,28-30,33-34,36-37,39-43,47-48,50-51,57,60,69H,4-6,9,12-15,18,22-23,27,31-32,35,38,44-46,49,52-56,58-59,61-68H2,1-3H3/b10-7-,11-8-,19-16-,20-17-,24-21-,28-25-,29-26-,34-33-,37-36-,41-40-,42-39-,43-30-,50-47-,51-48-,60-57-. The Balaban J connectivity index is 4.61. The summed E-state index contributed by atoms with van der Waals surface area (Å²) < 4.78 is 16.8. The molecular formula is C72H110O6. The van der Waals surface area contributed by atoms with Gasteiger partial charge in [-0.25, -0.2) is 0 Å². The molecule has 0 bridgehead atoms. The highest BCUT2D eigenvalue weighted by atomic mass is 16.6. The minimum atomic E-state index is -0.851. The van der Waals surface area contributed by atoms with E-state index < -0.39 is 12.1 Å². The van der Waals surface area contributed by atoms with Gasteiger partial charge in [-0.1, -0.05) is 248 Å². The Morgan fingerprint density at radius 2 is 0.526 bits per heavy atom. The third-order valence-corrected chi connectivity index (χ3v) is 12.1. The zero-order valence-electron chi connectivity index (χ0n) is 49.6.